The minimum Gasteiger partial charge on any atom is -0.352 e. The Morgan fingerprint density at radius 3 is 2.12 bits per heavy atom. The lowest BCUT2D eigenvalue weighted by Crippen LogP contribution is -2.63. The fraction of sp³-hybridized carbons (Fsp3) is 0.939. The molecule has 0 spiro atoms. The Labute approximate surface area is 242 Å². The van der Waals surface area contributed by atoms with Crippen molar-refractivity contribution in [1.82, 2.24) is 20.4 Å². The van der Waals surface area contributed by atoms with Crippen LogP contribution in [0.15, 0.2) is 0 Å². The van der Waals surface area contributed by atoms with Crippen molar-refractivity contribution < 1.29 is 14.0 Å². The number of hydrogen-bond acceptors (Lipinski definition) is 4. The molecule has 2 amide bonds. The average molecular weight is 561 g/mol. The monoisotopic (exact) mass is 560 g/mol. The summed E-state index contributed by atoms with van der Waals surface area (Å²) in [6, 6.07) is 0.762. The molecule has 9 atom stereocenters. The highest BCUT2D eigenvalue weighted by atomic mass is 19.1. The van der Waals surface area contributed by atoms with E-state index in [4.69, 9.17) is 0 Å². The fourth-order valence-corrected chi connectivity index (χ4v) is 10.0. The maximum Gasteiger partial charge on any atom is 0.237 e. The molecule has 0 radical (unpaired) electrons. The molecule has 0 aromatic heterocycles. The van der Waals surface area contributed by atoms with Crippen LogP contribution >= 0.6 is 0 Å². The standard InChI is InChI=1S/C33H57FN4O2/c1-22-16-17-30(34)29-19-31(36-33(22,29)26-12-9-7-5-6-8-10-13-26)32(40)35-27-14-11-15-28(18-27)37-20-23(2)38(25(4)39)24(3)21-37/h22-24,26-31,36H,5-21H2,1-4H3,(H,35,40)/t22?,23-,24+,27-,28+,29?,30?,31?,33?/m1/s1. The number of nitrogens with zero attached hydrogens (tertiary/aromatic N) is 2. The first-order chi connectivity index (χ1) is 19.2. The van der Waals surface area contributed by atoms with Crippen LogP contribution in [-0.2, 0) is 9.59 Å². The van der Waals surface area contributed by atoms with E-state index in [9.17, 15) is 9.59 Å². The predicted octanol–water partition coefficient (Wildman–Crippen LogP) is 5.59. The highest BCUT2D eigenvalue weighted by Gasteiger charge is 2.59. The maximum atomic E-state index is 15.7. The molecule has 2 aliphatic heterocycles. The van der Waals surface area contributed by atoms with Crippen molar-refractivity contribution in [3.63, 3.8) is 0 Å². The van der Waals surface area contributed by atoms with Crippen LogP contribution < -0.4 is 10.6 Å². The number of carbonyl (C=O) groups excluding carboxylic acids is 2. The molecular formula is C33H57FN4O2. The lowest BCUT2D eigenvalue weighted by Gasteiger charge is -2.51. The topological polar surface area (TPSA) is 64.7 Å². The van der Waals surface area contributed by atoms with Crippen LogP contribution in [0.3, 0.4) is 0 Å². The zero-order valence-corrected chi connectivity index (χ0v) is 25.8. The summed E-state index contributed by atoms with van der Waals surface area (Å²) in [5.74, 6) is 1.10. The summed E-state index contributed by atoms with van der Waals surface area (Å²) in [6.07, 6.45) is 15.7. The normalized spacial score (nSPS) is 42.4. The number of nitrogens with one attached hydrogen (secondary N) is 2. The number of amides is 2. The lowest BCUT2D eigenvalue weighted by atomic mass is 9.59. The van der Waals surface area contributed by atoms with E-state index in [0.29, 0.717) is 30.7 Å². The SMILES string of the molecule is CC(=O)N1[C@H](C)CN([C@H]2CCC[C@@H](NC(=O)C3CC4C(F)CCC(C)C4(C4CCCCCCCC4)N3)C2)C[C@@H]1C. The van der Waals surface area contributed by atoms with Crippen molar-refractivity contribution in [2.75, 3.05) is 13.1 Å². The Bertz CT molecular complexity index is 865. The fourth-order valence-electron chi connectivity index (χ4n) is 10.0. The van der Waals surface area contributed by atoms with E-state index < -0.39 is 6.17 Å². The molecule has 0 bridgehead atoms. The molecule has 2 saturated heterocycles. The molecule has 2 N–H and O–H groups in total. The second-order valence-electron chi connectivity index (χ2n) is 14.5. The number of piperazine rings is 1. The van der Waals surface area contributed by atoms with E-state index in [1.165, 1.54) is 51.4 Å². The van der Waals surface area contributed by atoms with Crippen LogP contribution in [0.2, 0.25) is 0 Å². The smallest absolute Gasteiger partial charge is 0.237 e. The lowest BCUT2D eigenvalue weighted by molar-refractivity contribution is -0.137. The molecule has 5 fully saturated rings. The highest BCUT2D eigenvalue weighted by molar-refractivity contribution is 5.82. The number of carbonyl (C=O) groups is 2. The number of halogens is 1. The van der Waals surface area contributed by atoms with E-state index in [0.717, 1.165) is 45.2 Å². The average Bonchev–Trinajstić information content (AvgIpc) is 3.39. The van der Waals surface area contributed by atoms with Crippen LogP contribution in [0.1, 0.15) is 124 Å². The summed E-state index contributed by atoms with van der Waals surface area (Å²) in [5, 5.41) is 7.37. The molecule has 2 heterocycles. The van der Waals surface area contributed by atoms with Gasteiger partial charge in [-0.2, -0.15) is 0 Å². The van der Waals surface area contributed by atoms with Gasteiger partial charge in [0.05, 0.1) is 6.04 Å². The van der Waals surface area contributed by atoms with Crippen LogP contribution in [-0.4, -0.2) is 76.6 Å². The Balaban J connectivity index is 1.24. The van der Waals surface area contributed by atoms with E-state index >= 15 is 4.39 Å². The van der Waals surface area contributed by atoms with Crippen LogP contribution in [0.5, 0.6) is 0 Å². The second kappa shape index (κ2) is 13.0. The van der Waals surface area contributed by atoms with Gasteiger partial charge in [0, 0.05) is 55.6 Å². The van der Waals surface area contributed by atoms with Crippen molar-refractivity contribution in [2.45, 2.75) is 166 Å². The van der Waals surface area contributed by atoms with E-state index in [1.807, 2.05) is 4.90 Å². The minimum absolute atomic E-state index is 0.0441. The Kier molecular flexibility index (Phi) is 9.81. The molecule has 0 aromatic carbocycles. The Morgan fingerprint density at radius 1 is 0.825 bits per heavy atom. The van der Waals surface area contributed by atoms with Crippen molar-refractivity contribution in [3.05, 3.63) is 0 Å². The first-order valence-corrected chi connectivity index (χ1v) is 17.0. The van der Waals surface area contributed by atoms with Gasteiger partial charge in [-0.25, -0.2) is 4.39 Å². The molecule has 5 unspecified atom stereocenters. The largest absolute Gasteiger partial charge is 0.352 e. The summed E-state index contributed by atoms with van der Waals surface area (Å²) in [5.41, 5.74) is -0.234. The van der Waals surface area contributed by atoms with Gasteiger partial charge in [0.15, 0.2) is 0 Å². The number of fused-ring (bicyclic) bond motifs is 1. The molecule has 3 aliphatic carbocycles. The summed E-state index contributed by atoms with van der Waals surface area (Å²) in [7, 11) is 0. The van der Waals surface area contributed by atoms with Gasteiger partial charge in [0.2, 0.25) is 11.8 Å². The highest BCUT2D eigenvalue weighted by Crippen LogP contribution is 2.53. The maximum absolute atomic E-state index is 15.7. The first-order valence-electron chi connectivity index (χ1n) is 17.0. The third kappa shape index (κ3) is 6.11. The van der Waals surface area contributed by atoms with Gasteiger partial charge in [-0.1, -0.05) is 45.4 Å². The van der Waals surface area contributed by atoms with E-state index in [-0.39, 0.29) is 47.4 Å². The summed E-state index contributed by atoms with van der Waals surface area (Å²) < 4.78 is 15.7. The molecule has 0 aromatic rings. The van der Waals surface area contributed by atoms with E-state index in [1.54, 1.807) is 6.92 Å². The van der Waals surface area contributed by atoms with Crippen LogP contribution in [0, 0.1) is 17.8 Å². The molecule has 5 aliphatic rings. The zero-order chi connectivity index (χ0) is 28.4. The molecule has 7 heteroatoms. The third-order valence-electron chi connectivity index (χ3n) is 11.8. The van der Waals surface area contributed by atoms with Gasteiger partial charge >= 0.3 is 0 Å². The summed E-state index contributed by atoms with van der Waals surface area (Å²) in [4.78, 5) is 30.6. The van der Waals surface area contributed by atoms with E-state index in [2.05, 4.69) is 36.3 Å². The summed E-state index contributed by atoms with van der Waals surface area (Å²) in [6.45, 7) is 10.1. The van der Waals surface area contributed by atoms with Gasteiger partial charge in [-0.15, -0.1) is 0 Å². The molecule has 5 rings (SSSR count). The predicted molar refractivity (Wildman–Crippen MR) is 159 cm³/mol. The number of alkyl halides is 1. The molecule has 40 heavy (non-hydrogen) atoms. The van der Waals surface area contributed by atoms with Crippen molar-refractivity contribution in [3.8, 4) is 0 Å². The van der Waals surface area contributed by atoms with Gasteiger partial charge in [-0.3, -0.25) is 19.8 Å². The van der Waals surface area contributed by atoms with Crippen molar-refractivity contribution in [2.24, 2.45) is 17.8 Å². The summed E-state index contributed by atoms with van der Waals surface area (Å²) >= 11 is 0. The number of rotatable bonds is 4. The van der Waals surface area contributed by atoms with Crippen LogP contribution in [0.25, 0.3) is 0 Å². The minimum atomic E-state index is -0.800. The van der Waals surface area contributed by atoms with Gasteiger partial charge in [-0.05, 0) is 83.5 Å². The zero-order valence-electron chi connectivity index (χ0n) is 25.8. The van der Waals surface area contributed by atoms with Gasteiger partial charge < -0.3 is 10.2 Å². The first kappa shape index (κ1) is 30.3. The molecular weight excluding hydrogens is 503 g/mol. The van der Waals surface area contributed by atoms with Crippen molar-refractivity contribution >= 4 is 11.8 Å². The van der Waals surface area contributed by atoms with Gasteiger partial charge in [0.1, 0.15) is 6.17 Å². The molecule has 228 valence electrons. The Morgan fingerprint density at radius 2 is 1.48 bits per heavy atom. The van der Waals surface area contributed by atoms with Crippen LogP contribution in [0.4, 0.5) is 4.39 Å². The molecule has 6 nitrogen and oxygen atoms in total. The van der Waals surface area contributed by atoms with Crippen molar-refractivity contribution in [1.29, 1.82) is 0 Å². The molecule has 3 saturated carbocycles. The van der Waals surface area contributed by atoms with Gasteiger partial charge in [0.25, 0.3) is 0 Å². The second-order valence-corrected chi connectivity index (χ2v) is 14.5. The number of hydrogen-bond donors (Lipinski definition) is 2. The quantitative estimate of drug-likeness (QED) is 0.471. The Hall–Kier alpha value is -1.21. The third-order valence-corrected chi connectivity index (χ3v) is 11.8.